The van der Waals surface area contributed by atoms with Crippen LogP contribution in [0, 0.1) is 18.8 Å². The van der Waals surface area contributed by atoms with Crippen molar-refractivity contribution in [3.8, 4) is 0 Å². The fraction of sp³-hybridized carbons (Fsp3) is 0.483. The molecule has 3 aliphatic rings. The van der Waals surface area contributed by atoms with Crippen LogP contribution in [-0.2, 0) is 19.8 Å². The van der Waals surface area contributed by atoms with Crippen LogP contribution >= 0.6 is 0 Å². The van der Waals surface area contributed by atoms with E-state index in [9.17, 15) is 14.4 Å². The van der Waals surface area contributed by atoms with Gasteiger partial charge in [0.15, 0.2) is 0 Å². The van der Waals surface area contributed by atoms with Crippen LogP contribution in [0.4, 0.5) is 5.69 Å². The van der Waals surface area contributed by atoms with Gasteiger partial charge in [-0.3, -0.25) is 19.3 Å². The van der Waals surface area contributed by atoms with Crippen LogP contribution in [0.5, 0.6) is 0 Å². The maximum Gasteiger partial charge on any atom is 0.247 e. The van der Waals surface area contributed by atoms with Crippen molar-refractivity contribution in [2.45, 2.75) is 70.8 Å². The number of anilines is 1. The molecular weight excluding hydrogens is 424 g/mol. The van der Waals surface area contributed by atoms with E-state index in [-0.39, 0.29) is 41.5 Å². The number of nitrogens with zero attached hydrogens (tertiary/aromatic N) is 2. The summed E-state index contributed by atoms with van der Waals surface area (Å²) in [7, 11) is 0. The number of carbonyl (C=O) groups excluding carboxylic acids is 3. The summed E-state index contributed by atoms with van der Waals surface area (Å²) < 4.78 is 0. The van der Waals surface area contributed by atoms with E-state index in [1.807, 2.05) is 23.1 Å². The molecule has 3 amide bonds. The van der Waals surface area contributed by atoms with Gasteiger partial charge in [0.1, 0.15) is 6.54 Å². The molecule has 5 nitrogen and oxygen atoms in total. The molecule has 1 saturated carbocycles. The van der Waals surface area contributed by atoms with E-state index >= 15 is 0 Å². The van der Waals surface area contributed by atoms with E-state index in [4.69, 9.17) is 0 Å². The SMILES string of the molecule is Cc1ccc2c(c1)[C@](C)(c1ccccc1)CC(C)(C)N2C(=O)CN1C(=O)[C@H]2CCCC[C@H]2C1=O. The van der Waals surface area contributed by atoms with E-state index in [0.29, 0.717) is 0 Å². The molecule has 1 saturated heterocycles. The average molecular weight is 459 g/mol. The molecule has 0 radical (unpaired) electrons. The van der Waals surface area contributed by atoms with E-state index in [1.165, 1.54) is 10.5 Å². The van der Waals surface area contributed by atoms with Crippen molar-refractivity contribution in [2.75, 3.05) is 11.4 Å². The molecule has 2 aromatic carbocycles. The number of fused-ring (bicyclic) bond motifs is 2. The molecule has 178 valence electrons. The quantitative estimate of drug-likeness (QED) is 0.609. The Morgan fingerprint density at radius 2 is 1.56 bits per heavy atom. The highest BCUT2D eigenvalue weighted by Gasteiger charge is 2.51. The van der Waals surface area contributed by atoms with Gasteiger partial charge in [0.05, 0.1) is 11.8 Å². The summed E-state index contributed by atoms with van der Waals surface area (Å²) in [5.74, 6) is -0.975. The molecule has 2 heterocycles. The predicted molar refractivity (Wildman–Crippen MR) is 132 cm³/mol. The third kappa shape index (κ3) is 3.48. The van der Waals surface area contributed by atoms with Crippen molar-refractivity contribution in [2.24, 2.45) is 11.8 Å². The van der Waals surface area contributed by atoms with Crippen LogP contribution in [0.1, 0.15) is 69.6 Å². The number of aryl methyl sites for hydroxylation is 1. The number of carbonyl (C=O) groups is 3. The summed E-state index contributed by atoms with van der Waals surface area (Å²) in [5.41, 5.74) is 3.58. The lowest BCUT2D eigenvalue weighted by Crippen LogP contribution is -2.58. The van der Waals surface area contributed by atoms with Gasteiger partial charge in [0.2, 0.25) is 17.7 Å². The summed E-state index contributed by atoms with van der Waals surface area (Å²) in [5, 5.41) is 0. The number of hydrogen-bond donors (Lipinski definition) is 0. The van der Waals surface area contributed by atoms with Crippen molar-refractivity contribution in [3.05, 3.63) is 65.2 Å². The van der Waals surface area contributed by atoms with Gasteiger partial charge < -0.3 is 4.90 Å². The molecule has 3 atom stereocenters. The minimum Gasteiger partial charge on any atom is -0.305 e. The zero-order chi connectivity index (χ0) is 24.3. The second kappa shape index (κ2) is 8.07. The minimum atomic E-state index is -0.498. The first-order chi connectivity index (χ1) is 16.1. The summed E-state index contributed by atoms with van der Waals surface area (Å²) in [6.07, 6.45) is 4.20. The second-order valence-corrected chi connectivity index (χ2v) is 11.2. The Morgan fingerprint density at radius 3 is 2.18 bits per heavy atom. The molecule has 5 rings (SSSR count). The first-order valence-corrected chi connectivity index (χ1v) is 12.5. The van der Waals surface area contributed by atoms with Crippen molar-refractivity contribution >= 4 is 23.4 Å². The van der Waals surface area contributed by atoms with Crippen LogP contribution < -0.4 is 4.90 Å². The molecule has 2 aromatic rings. The van der Waals surface area contributed by atoms with Gasteiger partial charge in [-0.15, -0.1) is 0 Å². The van der Waals surface area contributed by atoms with E-state index in [0.717, 1.165) is 48.9 Å². The molecule has 34 heavy (non-hydrogen) atoms. The first-order valence-electron chi connectivity index (χ1n) is 12.5. The molecule has 2 fully saturated rings. The lowest BCUT2D eigenvalue weighted by Gasteiger charge is -2.51. The Morgan fingerprint density at radius 1 is 0.941 bits per heavy atom. The van der Waals surface area contributed by atoms with Gasteiger partial charge >= 0.3 is 0 Å². The number of amides is 3. The molecule has 0 N–H and O–H groups in total. The summed E-state index contributed by atoms with van der Waals surface area (Å²) >= 11 is 0. The van der Waals surface area contributed by atoms with Crippen LogP contribution in [0.15, 0.2) is 48.5 Å². The fourth-order valence-corrected chi connectivity index (χ4v) is 6.78. The number of imide groups is 1. The monoisotopic (exact) mass is 458 g/mol. The van der Waals surface area contributed by atoms with Crippen LogP contribution in [0.2, 0.25) is 0 Å². The highest BCUT2D eigenvalue weighted by molar-refractivity contribution is 6.09. The smallest absolute Gasteiger partial charge is 0.247 e. The van der Waals surface area contributed by atoms with Crippen LogP contribution in [0.25, 0.3) is 0 Å². The van der Waals surface area contributed by atoms with Crippen LogP contribution in [-0.4, -0.2) is 34.7 Å². The zero-order valence-electron chi connectivity index (χ0n) is 20.6. The number of likely N-dealkylation sites (tertiary alicyclic amines) is 1. The Kier molecular flexibility index (Phi) is 5.42. The Balaban J connectivity index is 1.53. The van der Waals surface area contributed by atoms with Crippen LogP contribution in [0.3, 0.4) is 0 Å². The normalized spacial score (nSPS) is 28.0. The maximum atomic E-state index is 13.8. The Bertz CT molecular complexity index is 1130. The maximum absolute atomic E-state index is 13.8. The highest BCUT2D eigenvalue weighted by Crippen LogP contribution is 2.51. The van der Waals surface area contributed by atoms with Gasteiger partial charge in [0, 0.05) is 16.6 Å². The predicted octanol–water partition coefficient (Wildman–Crippen LogP) is 4.99. The average Bonchev–Trinajstić information content (AvgIpc) is 3.04. The van der Waals surface area contributed by atoms with Crippen molar-refractivity contribution in [1.29, 1.82) is 0 Å². The molecule has 2 aliphatic heterocycles. The zero-order valence-corrected chi connectivity index (χ0v) is 20.6. The number of rotatable bonds is 3. The molecule has 0 spiro atoms. The topological polar surface area (TPSA) is 57.7 Å². The third-order valence-electron chi connectivity index (χ3n) is 8.27. The summed E-state index contributed by atoms with van der Waals surface area (Å²) in [6.45, 7) is 8.32. The van der Waals surface area contributed by atoms with Gasteiger partial charge in [-0.2, -0.15) is 0 Å². The van der Waals surface area contributed by atoms with E-state index < -0.39 is 5.54 Å². The fourth-order valence-electron chi connectivity index (χ4n) is 6.78. The third-order valence-corrected chi connectivity index (χ3v) is 8.27. The molecule has 5 heteroatoms. The molecule has 0 bridgehead atoms. The lowest BCUT2D eigenvalue weighted by molar-refractivity contribution is -0.143. The summed E-state index contributed by atoms with van der Waals surface area (Å²) in [4.78, 5) is 43.0. The van der Waals surface area contributed by atoms with E-state index in [1.54, 1.807) is 0 Å². The van der Waals surface area contributed by atoms with Gasteiger partial charge in [-0.1, -0.05) is 67.8 Å². The first kappa shape index (κ1) is 22.8. The molecule has 0 aromatic heterocycles. The van der Waals surface area contributed by atoms with E-state index in [2.05, 4.69) is 58.0 Å². The van der Waals surface area contributed by atoms with Crippen molar-refractivity contribution in [3.63, 3.8) is 0 Å². The largest absolute Gasteiger partial charge is 0.305 e. The molecule has 1 aliphatic carbocycles. The van der Waals surface area contributed by atoms with Crippen molar-refractivity contribution < 1.29 is 14.4 Å². The standard InChI is InChI=1S/C29H34N2O3/c1-19-14-15-24-23(16-19)29(4,20-10-6-5-7-11-20)18-28(2,3)31(24)25(32)17-30-26(33)21-12-8-9-13-22(21)27(30)34/h5-7,10-11,14-16,21-22H,8-9,12-13,17-18H2,1-4H3/t21-,22+,29-/m0/s1. The second-order valence-electron chi connectivity index (χ2n) is 11.2. The van der Waals surface area contributed by atoms with Gasteiger partial charge in [-0.05, 0) is 57.2 Å². The van der Waals surface area contributed by atoms with Gasteiger partial charge in [-0.25, -0.2) is 0 Å². The minimum absolute atomic E-state index is 0.156. The lowest BCUT2D eigenvalue weighted by atomic mass is 9.65. The Labute approximate surface area is 202 Å². The van der Waals surface area contributed by atoms with Crippen molar-refractivity contribution in [1.82, 2.24) is 4.90 Å². The number of benzene rings is 2. The number of hydrogen-bond acceptors (Lipinski definition) is 3. The Hall–Kier alpha value is -2.95. The van der Waals surface area contributed by atoms with Gasteiger partial charge in [0.25, 0.3) is 0 Å². The molecule has 0 unspecified atom stereocenters. The summed E-state index contributed by atoms with van der Waals surface area (Å²) in [6, 6.07) is 16.7. The molecular formula is C29H34N2O3. The highest BCUT2D eigenvalue weighted by atomic mass is 16.2.